The second-order valence-corrected chi connectivity index (χ2v) is 4.70. The SMILES string of the molecule is Cn1cc(CNC(=O)Nc2cccc(Cl)c2C(=O)O)cn1. The van der Waals surface area contributed by atoms with E-state index in [0.717, 1.165) is 5.56 Å². The number of carboxylic acid groups (broad SMARTS) is 1. The summed E-state index contributed by atoms with van der Waals surface area (Å²) >= 11 is 5.82. The Morgan fingerprint density at radius 3 is 2.81 bits per heavy atom. The van der Waals surface area contributed by atoms with Gasteiger partial charge in [-0.1, -0.05) is 17.7 Å². The van der Waals surface area contributed by atoms with Crippen LogP contribution in [0, 0.1) is 0 Å². The van der Waals surface area contributed by atoms with Crippen LogP contribution in [0.5, 0.6) is 0 Å². The van der Waals surface area contributed by atoms with E-state index in [-0.39, 0.29) is 22.8 Å². The van der Waals surface area contributed by atoms with Crippen LogP contribution in [0.15, 0.2) is 30.6 Å². The van der Waals surface area contributed by atoms with Crippen molar-refractivity contribution in [3.63, 3.8) is 0 Å². The summed E-state index contributed by atoms with van der Waals surface area (Å²) in [5.41, 5.74) is 0.826. The number of carboxylic acids is 1. The minimum absolute atomic E-state index is 0.0626. The predicted octanol–water partition coefficient (Wildman–Crippen LogP) is 2.09. The number of hydrogen-bond acceptors (Lipinski definition) is 3. The average molecular weight is 309 g/mol. The molecule has 8 heteroatoms. The first-order valence-electron chi connectivity index (χ1n) is 6.01. The fraction of sp³-hybridized carbons (Fsp3) is 0.154. The van der Waals surface area contributed by atoms with Crippen LogP contribution in [-0.2, 0) is 13.6 Å². The third-order valence-corrected chi connectivity index (χ3v) is 3.00. The van der Waals surface area contributed by atoms with Crippen molar-refractivity contribution in [2.45, 2.75) is 6.54 Å². The fourth-order valence-electron chi connectivity index (χ4n) is 1.76. The average Bonchev–Trinajstić information content (AvgIpc) is 2.82. The molecule has 2 aromatic rings. The maximum atomic E-state index is 11.8. The van der Waals surface area contributed by atoms with Crippen molar-refractivity contribution in [1.29, 1.82) is 0 Å². The molecule has 0 aliphatic carbocycles. The van der Waals surface area contributed by atoms with Crippen LogP contribution >= 0.6 is 11.6 Å². The number of halogens is 1. The lowest BCUT2D eigenvalue weighted by Gasteiger charge is -2.10. The molecule has 0 fully saturated rings. The highest BCUT2D eigenvalue weighted by Crippen LogP contribution is 2.24. The number of rotatable bonds is 4. The van der Waals surface area contributed by atoms with Gasteiger partial charge in [-0.15, -0.1) is 0 Å². The van der Waals surface area contributed by atoms with Crippen LogP contribution in [0.25, 0.3) is 0 Å². The van der Waals surface area contributed by atoms with Gasteiger partial charge in [0.1, 0.15) is 5.56 Å². The van der Waals surface area contributed by atoms with Crippen LogP contribution in [0.2, 0.25) is 5.02 Å². The smallest absolute Gasteiger partial charge is 0.339 e. The number of urea groups is 1. The van der Waals surface area contributed by atoms with E-state index in [1.807, 2.05) is 0 Å². The summed E-state index contributed by atoms with van der Waals surface area (Å²) in [6.45, 7) is 0.280. The Morgan fingerprint density at radius 1 is 1.43 bits per heavy atom. The summed E-state index contributed by atoms with van der Waals surface area (Å²) in [6, 6.07) is 3.96. The van der Waals surface area contributed by atoms with Crippen molar-refractivity contribution in [3.05, 3.63) is 46.7 Å². The number of nitrogens with one attached hydrogen (secondary N) is 2. The molecular weight excluding hydrogens is 296 g/mol. The van der Waals surface area contributed by atoms with E-state index >= 15 is 0 Å². The van der Waals surface area contributed by atoms with Gasteiger partial charge in [-0.3, -0.25) is 4.68 Å². The molecular formula is C13H13ClN4O3. The van der Waals surface area contributed by atoms with E-state index in [9.17, 15) is 9.59 Å². The van der Waals surface area contributed by atoms with E-state index in [2.05, 4.69) is 15.7 Å². The molecule has 0 aliphatic rings. The molecule has 1 heterocycles. The highest BCUT2D eigenvalue weighted by molar-refractivity contribution is 6.34. The Bertz CT molecular complexity index is 684. The number of anilines is 1. The Morgan fingerprint density at radius 2 is 2.19 bits per heavy atom. The second kappa shape index (κ2) is 6.27. The number of amides is 2. The van der Waals surface area contributed by atoms with Crippen molar-refractivity contribution in [2.75, 3.05) is 5.32 Å². The number of nitrogens with zero attached hydrogens (tertiary/aromatic N) is 2. The van der Waals surface area contributed by atoms with E-state index in [4.69, 9.17) is 16.7 Å². The zero-order valence-electron chi connectivity index (χ0n) is 11.1. The Hall–Kier alpha value is -2.54. The van der Waals surface area contributed by atoms with Crippen molar-refractivity contribution < 1.29 is 14.7 Å². The van der Waals surface area contributed by atoms with Crippen LogP contribution in [-0.4, -0.2) is 26.9 Å². The largest absolute Gasteiger partial charge is 0.478 e. The van der Waals surface area contributed by atoms with Gasteiger partial charge in [-0.25, -0.2) is 9.59 Å². The van der Waals surface area contributed by atoms with Crippen molar-refractivity contribution in [3.8, 4) is 0 Å². The molecule has 0 radical (unpaired) electrons. The first-order chi connectivity index (χ1) is 9.97. The zero-order valence-corrected chi connectivity index (χ0v) is 11.9. The van der Waals surface area contributed by atoms with E-state index in [0.29, 0.717) is 0 Å². The van der Waals surface area contributed by atoms with Gasteiger partial charge in [0.2, 0.25) is 0 Å². The van der Waals surface area contributed by atoms with Crippen LogP contribution < -0.4 is 10.6 Å². The van der Waals surface area contributed by atoms with Crippen LogP contribution in [0.4, 0.5) is 10.5 Å². The molecule has 110 valence electrons. The Kier molecular flexibility index (Phi) is 4.44. The molecule has 0 saturated heterocycles. The van der Waals surface area contributed by atoms with Crippen molar-refractivity contribution in [1.82, 2.24) is 15.1 Å². The second-order valence-electron chi connectivity index (χ2n) is 4.30. The van der Waals surface area contributed by atoms with Crippen LogP contribution in [0.3, 0.4) is 0 Å². The standard InChI is InChI=1S/C13H13ClN4O3/c1-18-7-8(6-16-18)5-15-13(21)17-10-4-2-3-9(14)11(10)12(19)20/h2-4,6-7H,5H2,1H3,(H,19,20)(H2,15,17,21). The van der Waals surface area contributed by atoms with E-state index in [1.165, 1.54) is 12.1 Å². The molecule has 0 bridgehead atoms. The van der Waals surface area contributed by atoms with Gasteiger partial charge in [0.05, 0.1) is 16.9 Å². The predicted molar refractivity (Wildman–Crippen MR) is 77.5 cm³/mol. The monoisotopic (exact) mass is 308 g/mol. The van der Waals surface area contributed by atoms with Gasteiger partial charge in [-0.2, -0.15) is 5.10 Å². The third kappa shape index (κ3) is 3.73. The summed E-state index contributed by atoms with van der Waals surface area (Å²) in [6.07, 6.45) is 3.39. The fourth-order valence-corrected chi connectivity index (χ4v) is 2.01. The summed E-state index contributed by atoms with van der Waals surface area (Å²) < 4.78 is 1.62. The lowest BCUT2D eigenvalue weighted by Crippen LogP contribution is -2.28. The van der Waals surface area contributed by atoms with E-state index in [1.54, 1.807) is 30.2 Å². The molecule has 1 aromatic heterocycles. The maximum absolute atomic E-state index is 11.8. The van der Waals surface area contributed by atoms with Crippen LogP contribution in [0.1, 0.15) is 15.9 Å². The highest BCUT2D eigenvalue weighted by atomic mass is 35.5. The van der Waals surface area contributed by atoms with E-state index < -0.39 is 12.0 Å². The van der Waals surface area contributed by atoms with Gasteiger partial charge in [-0.05, 0) is 12.1 Å². The van der Waals surface area contributed by atoms with Gasteiger partial charge in [0.25, 0.3) is 0 Å². The summed E-state index contributed by atoms with van der Waals surface area (Å²) in [7, 11) is 1.77. The summed E-state index contributed by atoms with van der Waals surface area (Å²) in [4.78, 5) is 22.9. The number of aromatic nitrogens is 2. The normalized spacial score (nSPS) is 10.2. The topological polar surface area (TPSA) is 96.2 Å². The molecule has 1 aromatic carbocycles. The summed E-state index contributed by atoms with van der Waals surface area (Å²) in [5, 5.41) is 18.2. The van der Waals surface area contributed by atoms with Crippen molar-refractivity contribution >= 4 is 29.3 Å². The van der Waals surface area contributed by atoms with Gasteiger partial charge in [0, 0.05) is 25.4 Å². The molecule has 0 unspecified atom stereocenters. The number of carbonyl (C=O) groups excluding carboxylic acids is 1. The van der Waals surface area contributed by atoms with Crippen molar-refractivity contribution in [2.24, 2.45) is 7.05 Å². The number of aryl methyl sites for hydroxylation is 1. The lowest BCUT2D eigenvalue weighted by molar-refractivity contribution is 0.0698. The van der Waals surface area contributed by atoms with Gasteiger partial charge in [0.15, 0.2) is 0 Å². The molecule has 3 N–H and O–H groups in total. The Balaban J connectivity index is 2.03. The van der Waals surface area contributed by atoms with Gasteiger partial charge >= 0.3 is 12.0 Å². The Labute approximate surface area is 125 Å². The molecule has 21 heavy (non-hydrogen) atoms. The third-order valence-electron chi connectivity index (χ3n) is 2.69. The lowest BCUT2D eigenvalue weighted by atomic mass is 10.2. The molecule has 2 amide bonds. The molecule has 2 rings (SSSR count). The first kappa shape index (κ1) is 14.9. The summed E-state index contributed by atoms with van der Waals surface area (Å²) in [5.74, 6) is -1.21. The highest BCUT2D eigenvalue weighted by Gasteiger charge is 2.15. The quantitative estimate of drug-likeness (QED) is 0.805. The molecule has 0 spiro atoms. The molecule has 0 atom stereocenters. The molecule has 7 nitrogen and oxygen atoms in total. The minimum atomic E-state index is -1.21. The number of carbonyl (C=O) groups is 2. The van der Waals surface area contributed by atoms with Gasteiger partial charge < -0.3 is 15.7 Å². The molecule has 0 aliphatic heterocycles. The maximum Gasteiger partial charge on any atom is 0.339 e. The first-order valence-corrected chi connectivity index (χ1v) is 6.39. The number of benzene rings is 1. The minimum Gasteiger partial charge on any atom is -0.478 e. The number of aromatic carboxylic acids is 1. The molecule has 0 saturated carbocycles. The number of hydrogen-bond donors (Lipinski definition) is 3. The zero-order chi connectivity index (χ0) is 15.4.